The summed E-state index contributed by atoms with van der Waals surface area (Å²) >= 11 is 1.69. The molecule has 1 aromatic heterocycles. The molecule has 2 N–H and O–H groups in total. The third kappa shape index (κ3) is 4.93. The first-order chi connectivity index (χ1) is 10.6. The van der Waals surface area contributed by atoms with Crippen LogP contribution in [-0.4, -0.2) is 72.6 Å². The molecule has 130 valence electrons. The van der Waals surface area contributed by atoms with Crippen molar-refractivity contribution in [3.05, 3.63) is 11.6 Å². The Bertz CT molecular complexity index is 496. The molecule has 2 fully saturated rings. The highest BCUT2D eigenvalue weighted by molar-refractivity contribution is 14.0. The van der Waals surface area contributed by atoms with E-state index in [0.29, 0.717) is 12.0 Å². The van der Waals surface area contributed by atoms with E-state index in [1.165, 1.54) is 12.8 Å². The lowest BCUT2D eigenvalue weighted by atomic mass is 10.3. The summed E-state index contributed by atoms with van der Waals surface area (Å²) in [5.41, 5.74) is 6.18. The molecule has 1 unspecified atom stereocenters. The topological polar surface area (TPSA) is 61.0 Å². The highest BCUT2D eigenvalue weighted by Crippen LogP contribution is 2.26. The number of nitrogens with zero attached hydrogens (tertiary/aromatic N) is 5. The zero-order chi connectivity index (χ0) is 15.5. The van der Waals surface area contributed by atoms with E-state index in [-0.39, 0.29) is 24.0 Å². The Morgan fingerprint density at radius 1 is 1.43 bits per heavy atom. The second-order valence-corrected chi connectivity index (χ2v) is 7.11. The normalized spacial score (nSPS) is 20.6. The Morgan fingerprint density at radius 3 is 2.70 bits per heavy atom. The van der Waals surface area contributed by atoms with E-state index in [2.05, 4.69) is 38.6 Å². The van der Waals surface area contributed by atoms with Gasteiger partial charge in [0.2, 0.25) is 0 Å². The number of guanidine groups is 1. The number of likely N-dealkylation sites (N-methyl/N-ethyl adjacent to an activating group) is 1. The fraction of sp³-hybridized carbons (Fsp3) is 0.733. The summed E-state index contributed by atoms with van der Waals surface area (Å²) < 4.78 is 0. The molecule has 1 saturated heterocycles. The molecule has 2 aliphatic rings. The maximum Gasteiger partial charge on any atom is 0.191 e. The van der Waals surface area contributed by atoms with Crippen LogP contribution in [0.2, 0.25) is 0 Å². The first-order valence-electron chi connectivity index (χ1n) is 8.06. The van der Waals surface area contributed by atoms with Crippen LogP contribution in [0, 0.1) is 0 Å². The number of piperazine rings is 1. The summed E-state index contributed by atoms with van der Waals surface area (Å²) in [4.78, 5) is 15.9. The minimum Gasteiger partial charge on any atom is -0.370 e. The Balaban J connectivity index is 0.00000192. The molecule has 0 spiro atoms. The second-order valence-electron chi connectivity index (χ2n) is 6.23. The van der Waals surface area contributed by atoms with Gasteiger partial charge in [0.05, 0.1) is 6.54 Å². The molecule has 1 aliphatic carbocycles. The van der Waals surface area contributed by atoms with E-state index < -0.39 is 0 Å². The SMILES string of the molecule is CC(CN=C(N)N1CCN(c2nccs2)CC1)N(C)C1CC1.I. The maximum absolute atomic E-state index is 6.18. The molecular weight excluding hydrogens is 423 g/mol. The summed E-state index contributed by atoms with van der Waals surface area (Å²) in [6, 6.07) is 1.23. The first-order valence-corrected chi connectivity index (χ1v) is 8.94. The zero-order valence-electron chi connectivity index (χ0n) is 13.9. The lowest BCUT2D eigenvalue weighted by Gasteiger charge is -2.35. The van der Waals surface area contributed by atoms with Crippen LogP contribution in [0.3, 0.4) is 0 Å². The number of aromatic nitrogens is 1. The van der Waals surface area contributed by atoms with Crippen LogP contribution in [0.1, 0.15) is 19.8 Å². The molecule has 0 bridgehead atoms. The predicted molar refractivity (Wildman–Crippen MR) is 108 cm³/mol. The highest BCUT2D eigenvalue weighted by Gasteiger charge is 2.29. The Morgan fingerprint density at radius 2 is 2.13 bits per heavy atom. The van der Waals surface area contributed by atoms with Gasteiger partial charge in [-0.2, -0.15) is 0 Å². The molecule has 0 amide bonds. The fourth-order valence-electron chi connectivity index (χ4n) is 2.80. The van der Waals surface area contributed by atoms with Crippen LogP contribution in [0.5, 0.6) is 0 Å². The van der Waals surface area contributed by atoms with Crippen molar-refractivity contribution in [2.75, 3.05) is 44.7 Å². The molecule has 3 rings (SSSR count). The molecular formula is C15H27IN6S. The van der Waals surface area contributed by atoms with Crippen LogP contribution in [0.4, 0.5) is 5.13 Å². The van der Waals surface area contributed by atoms with Crippen LogP contribution in [-0.2, 0) is 0 Å². The van der Waals surface area contributed by atoms with Crippen LogP contribution < -0.4 is 10.6 Å². The van der Waals surface area contributed by atoms with Gasteiger partial charge in [-0.15, -0.1) is 35.3 Å². The van der Waals surface area contributed by atoms with E-state index in [1.807, 2.05) is 11.6 Å². The number of thiazole rings is 1. The average molecular weight is 450 g/mol. The van der Waals surface area contributed by atoms with E-state index in [4.69, 9.17) is 5.73 Å². The van der Waals surface area contributed by atoms with Crippen molar-refractivity contribution in [3.8, 4) is 0 Å². The highest BCUT2D eigenvalue weighted by atomic mass is 127. The molecule has 23 heavy (non-hydrogen) atoms. The number of anilines is 1. The van der Waals surface area contributed by atoms with Gasteiger partial charge in [-0.3, -0.25) is 9.89 Å². The van der Waals surface area contributed by atoms with Gasteiger partial charge >= 0.3 is 0 Å². The van der Waals surface area contributed by atoms with E-state index in [1.54, 1.807) is 11.3 Å². The molecule has 1 atom stereocenters. The molecule has 0 aromatic carbocycles. The second kappa shape index (κ2) is 8.48. The largest absolute Gasteiger partial charge is 0.370 e. The predicted octanol–water partition coefficient (Wildman–Crippen LogP) is 1.68. The zero-order valence-corrected chi connectivity index (χ0v) is 17.0. The Hall–Kier alpha value is -0.610. The number of nitrogens with two attached hydrogens (primary N) is 1. The number of rotatable bonds is 5. The standard InChI is InChI=1S/C15H26N6S.HI/c1-12(19(2)13-3-4-13)11-18-14(16)20-6-8-21(9-7-20)15-17-5-10-22-15;/h5,10,12-13H,3-4,6-9,11H2,1-2H3,(H2,16,18);1H. The first kappa shape index (κ1) is 18.7. The summed E-state index contributed by atoms with van der Waals surface area (Å²) in [6.45, 7) is 6.77. The van der Waals surface area contributed by atoms with Crippen LogP contribution >= 0.6 is 35.3 Å². The van der Waals surface area contributed by atoms with Gasteiger partial charge in [0.25, 0.3) is 0 Å². The monoisotopic (exact) mass is 450 g/mol. The third-order valence-corrected chi connectivity index (χ3v) is 5.46. The lowest BCUT2D eigenvalue weighted by Crippen LogP contribution is -2.51. The summed E-state index contributed by atoms with van der Waals surface area (Å²) in [7, 11) is 2.20. The summed E-state index contributed by atoms with van der Waals surface area (Å²) in [5, 5.41) is 3.13. The summed E-state index contributed by atoms with van der Waals surface area (Å²) in [6.07, 6.45) is 4.53. The van der Waals surface area contributed by atoms with Crippen LogP contribution in [0.25, 0.3) is 0 Å². The van der Waals surface area contributed by atoms with Crippen LogP contribution in [0.15, 0.2) is 16.6 Å². The van der Waals surface area contributed by atoms with Gasteiger partial charge in [0.15, 0.2) is 11.1 Å². The van der Waals surface area contributed by atoms with Crippen molar-refractivity contribution in [2.45, 2.75) is 31.8 Å². The number of hydrogen-bond donors (Lipinski definition) is 1. The van der Waals surface area contributed by atoms with Gasteiger partial charge in [-0.25, -0.2) is 4.98 Å². The van der Waals surface area contributed by atoms with Gasteiger partial charge in [-0.1, -0.05) is 0 Å². The minimum atomic E-state index is 0. The van der Waals surface area contributed by atoms with Gasteiger partial charge < -0.3 is 15.5 Å². The molecule has 0 radical (unpaired) electrons. The Kier molecular flexibility index (Phi) is 6.90. The average Bonchev–Trinajstić information content (AvgIpc) is 3.26. The molecule has 1 aliphatic heterocycles. The van der Waals surface area contributed by atoms with E-state index in [0.717, 1.165) is 43.9 Å². The molecule has 8 heteroatoms. The van der Waals surface area contributed by atoms with Crippen molar-refractivity contribution in [2.24, 2.45) is 10.7 Å². The number of halogens is 1. The lowest BCUT2D eigenvalue weighted by molar-refractivity contribution is 0.252. The number of aliphatic imine (C=N–C) groups is 1. The van der Waals surface area contributed by atoms with Gasteiger partial charge in [0, 0.05) is 49.8 Å². The van der Waals surface area contributed by atoms with Gasteiger partial charge in [0.1, 0.15) is 0 Å². The maximum atomic E-state index is 6.18. The van der Waals surface area contributed by atoms with E-state index in [9.17, 15) is 0 Å². The molecule has 1 saturated carbocycles. The minimum absolute atomic E-state index is 0. The number of hydrogen-bond acceptors (Lipinski definition) is 5. The summed E-state index contributed by atoms with van der Waals surface area (Å²) in [5.74, 6) is 0.690. The fourth-order valence-corrected chi connectivity index (χ4v) is 3.49. The van der Waals surface area contributed by atoms with Crippen molar-refractivity contribution in [3.63, 3.8) is 0 Å². The quantitative estimate of drug-likeness (QED) is 0.420. The molecule has 2 heterocycles. The van der Waals surface area contributed by atoms with Crippen molar-refractivity contribution in [1.82, 2.24) is 14.8 Å². The van der Waals surface area contributed by atoms with E-state index >= 15 is 0 Å². The Labute approximate surface area is 159 Å². The van der Waals surface area contributed by atoms with Gasteiger partial charge in [-0.05, 0) is 26.8 Å². The molecule has 1 aromatic rings. The van der Waals surface area contributed by atoms with Crippen molar-refractivity contribution < 1.29 is 0 Å². The third-order valence-electron chi connectivity index (χ3n) is 4.63. The van der Waals surface area contributed by atoms with Crippen molar-refractivity contribution in [1.29, 1.82) is 0 Å². The van der Waals surface area contributed by atoms with Crippen molar-refractivity contribution >= 4 is 46.4 Å². The molecule has 6 nitrogen and oxygen atoms in total. The smallest absolute Gasteiger partial charge is 0.191 e.